The number of benzene rings is 2. The van der Waals surface area contributed by atoms with Crippen molar-refractivity contribution in [1.82, 2.24) is 4.90 Å². The van der Waals surface area contributed by atoms with Gasteiger partial charge in [-0.25, -0.2) is 9.69 Å². The van der Waals surface area contributed by atoms with Crippen LogP contribution in [0.4, 0.5) is 5.69 Å². The number of nitrogens with zero attached hydrogens (tertiary/aromatic N) is 2. The standard InChI is InChI=1S/C26H24N2O5S/c1-3-33-26(32)19-11-13-20(14-12-19)28-23(29)16-21(24(28)30)27(25(31)22-10-7-15-34-22)17(2)18-8-5-4-6-9-18/h4-15,17,21H,3,16H2,1-2H3. The van der Waals surface area contributed by atoms with Gasteiger partial charge in [0.2, 0.25) is 5.91 Å². The minimum atomic E-state index is -0.943. The highest BCUT2D eigenvalue weighted by atomic mass is 32.1. The van der Waals surface area contributed by atoms with Gasteiger partial charge in [0, 0.05) is 0 Å². The van der Waals surface area contributed by atoms with Gasteiger partial charge in [-0.3, -0.25) is 14.4 Å². The van der Waals surface area contributed by atoms with E-state index in [1.54, 1.807) is 24.4 Å². The number of rotatable bonds is 7. The largest absolute Gasteiger partial charge is 0.462 e. The maximum Gasteiger partial charge on any atom is 0.338 e. The van der Waals surface area contributed by atoms with Gasteiger partial charge in [-0.1, -0.05) is 36.4 Å². The fourth-order valence-electron chi connectivity index (χ4n) is 4.07. The van der Waals surface area contributed by atoms with Crippen molar-refractivity contribution in [3.63, 3.8) is 0 Å². The number of carbonyl (C=O) groups excluding carboxylic acids is 4. The molecule has 34 heavy (non-hydrogen) atoms. The van der Waals surface area contributed by atoms with Crippen molar-refractivity contribution in [3.05, 3.63) is 88.1 Å². The molecule has 1 saturated heterocycles. The van der Waals surface area contributed by atoms with Crippen molar-refractivity contribution in [2.45, 2.75) is 32.4 Å². The lowest BCUT2D eigenvalue weighted by molar-refractivity contribution is -0.122. The van der Waals surface area contributed by atoms with Gasteiger partial charge in [0.15, 0.2) is 0 Å². The van der Waals surface area contributed by atoms with Crippen molar-refractivity contribution < 1.29 is 23.9 Å². The van der Waals surface area contributed by atoms with Crippen molar-refractivity contribution in [1.29, 1.82) is 0 Å². The average Bonchev–Trinajstić information content (AvgIpc) is 3.48. The monoisotopic (exact) mass is 476 g/mol. The maximum atomic E-state index is 13.5. The molecule has 2 atom stereocenters. The van der Waals surface area contributed by atoms with Gasteiger partial charge in [-0.05, 0) is 55.1 Å². The average molecular weight is 477 g/mol. The highest BCUT2D eigenvalue weighted by Gasteiger charge is 2.46. The zero-order valence-electron chi connectivity index (χ0n) is 18.8. The molecular weight excluding hydrogens is 452 g/mol. The molecule has 0 radical (unpaired) electrons. The Labute approximate surface area is 201 Å². The number of esters is 1. The quantitative estimate of drug-likeness (QED) is 0.371. The Morgan fingerprint density at radius 1 is 1.06 bits per heavy atom. The van der Waals surface area contributed by atoms with Crippen LogP contribution in [0.2, 0.25) is 0 Å². The Balaban J connectivity index is 1.65. The smallest absolute Gasteiger partial charge is 0.338 e. The van der Waals surface area contributed by atoms with E-state index in [9.17, 15) is 19.2 Å². The van der Waals surface area contributed by atoms with Crippen LogP contribution in [-0.2, 0) is 14.3 Å². The van der Waals surface area contributed by atoms with Gasteiger partial charge in [0.25, 0.3) is 11.8 Å². The number of carbonyl (C=O) groups is 4. The molecule has 2 aromatic carbocycles. The van der Waals surface area contributed by atoms with Gasteiger partial charge >= 0.3 is 5.97 Å². The van der Waals surface area contributed by atoms with E-state index >= 15 is 0 Å². The second-order valence-electron chi connectivity index (χ2n) is 7.83. The van der Waals surface area contributed by atoms with Gasteiger partial charge in [-0.2, -0.15) is 0 Å². The zero-order chi connectivity index (χ0) is 24.2. The van der Waals surface area contributed by atoms with E-state index in [4.69, 9.17) is 4.74 Å². The lowest BCUT2D eigenvalue weighted by Crippen LogP contribution is -2.46. The number of amides is 3. The van der Waals surface area contributed by atoms with Crippen LogP contribution in [-0.4, -0.2) is 41.2 Å². The summed E-state index contributed by atoms with van der Waals surface area (Å²) in [7, 11) is 0. The Bertz CT molecular complexity index is 1190. The predicted molar refractivity (Wildman–Crippen MR) is 129 cm³/mol. The summed E-state index contributed by atoms with van der Waals surface area (Å²) in [6, 6.07) is 17.7. The van der Waals surface area contributed by atoms with E-state index in [1.807, 2.05) is 37.3 Å². The maximum absolute atomic E-state index is 13.5. The Morgan fingerprint density at radius 3 is 2.38 bits per heavy atom. The van der Waals surface area contributed by atoms with Crippen LogP contribution >= 0.6 is 11.3 Å². The summed E-state index contributed by atoms with van der Waals surface area (Å²) >= 11 is 1.29. The number of imide groups is 1. The molecule has 0 N–H and O–H groups in total. The number of thiophene rings is 1. The van der Waals surface area contributed by atoms with E-state index in [0.717, 1.165) is 10.5 Å². The normalized spacial score (nSPS) is 16.4. The second-order valence-corrected chi connectivity index (χ2v) is 8.78. The first-order chi connectivity index (χ1) is 16.4. The fourth-order valence-corrected chi connectivity index (χ4v) is 4.74. The van der Waals surface area contributed by atoms with Crippen LogP contribution in [0, 0.1) is 0 Å². The fraction of sp³-hybridized carbons (Fsp3) is 0.231. The molecule has 0 bridgehead atoms. The third kappa shape index (κ3) is 4.49. The van der Waals surface area contributed by atoms with Crippen molar-refractivity contribution in [3.8, 4) is 0 Å². The van der Waals surface area contributed by atoms with Crippen LogP contribution in [0.25, 0.3) is 0 Å². The van der Waals surface area contributed by atoms with E-state index in [1.165, 1.54) is 40.5 Å². The minimum absolute atomic E-state index is 0.118. The lowest BCUT2D eigenvalue weighted by atomic mass is 10.0. The molecule has 0 aliphatic carbocycles. The Kier molecular flexibility index (Phi) is 6.88. The molecule has 174 valence electrons. The van der Waals surface area contributed by atoms with Crippen LogP contribution in [0.5, 0.6) is 0 Å². The first kappa shape index (κ1) is 23.4. The van der Waals surface area contributed by atoms with Crippen molar-refractivity contribution in [2.75, 3.05) is 11.5 Å². The summed E-state index contributed by atoms with van der Waals surface area (Å²) in [6.45, 7) is 3.82. The van der Waals surface area contributed by atoms with Crippen LogP contribution in [0.15, 0.2) is 72.1 Å². The van der Waals surface area contributed by atoms with Crippen LogP contribution in [0.3, 0.4) is 0 Å². The van der Waals surface area contributed by atoms with Crippen LogP contribution < -0.4 is 4.90 Å². The minimum Gasteiger partial charge on any atom is -0.462 e. The number of anilines is 1. The third-order valence-electron chi connectivity index (χ3n) is 5.76. The van der Waals surface area contributed by atoms with E-state index in [2.05, 4.69) is 0 Å². The van der Waals surface area contributed by atoms with Crippen molar-refractivity contribution in [2.24, 2.45) is 0 Å². The number of hydrogen-bond donors (Lipinski definition) is 0. The number of ether oxygens (including phenoxy) is 1. The first-order valence-corrected chi connectivity index (χ1v) is 11.9. The lowest BCUT2D eigenvalue weighted by Gasteiger charge is -2.33. The summed E-state index contributed by atoms with van der Waals surface area (Å²) in [5.41, 5.74) is 1.54. The van der Waals surface area contributed by atoms with Gasteiger partial charge in [0.1, 0.15) is 6.04 Å². The van der Waals surface area contributed by atoms with E-state index in [-0.39, 0.29) is 18.9 Å². The zero-order valence-corrected chi connectivity index (χ0v) is 19.7. The summed E-state index contributed by atoms with van der Waals surface area (Å²) in [5, 5.41) is 1.80. The molecule has 7 nitrogen and oxygen atoms in total. The first-order valence-electron chi connectivity index (χ1n) is 11.0. The summed E-state index contributed by atoms with van der Waals surface area (Å²) < 4.78 is 4.98. The summed E-state index contributed by atoms with van der Waals surface area (Å²) in [6.07, 6.45) is -0.118. The predicted octanol–water partition coefficient (Wildman–Crippen LogP) is 4.46. The topological polar surface area (TPSA) is 84.0 Å². The van der Waals surface area contributed by atoms with Crippen molar-refractivity contribution >= 4 is 40.7 Å². The Hall–Kier alpha value is -3.78. The molecule has 1 fully saturated rings. The molecule has 2 heterocycles. The van der Waals surface area contributed by atoms with Gasteiger partial charge < -0.3 is 9.64 Å². The number of hydrogen-bond acceptors (Lipinski definition) is 6. The molecule has 3 aromatic rings. The Morgan fingerprint density at radius 2 is 1.76 bits per heavy atom. The van der Waals surface area contributed by atoms with Crippen LogP contribution in [0.1, 0.15) is 51.9 Å². The summed E-state index contributed by atoms with van der Waals surface area (Å²) in [4.78, 5) is 55.0. The van der Waals surface area contributed by atoms with E-state index < -0.39 is 29.9 Å². The molecule has 0 saturated carbocycles. The highest BCUT2D eigenvalue weighted by Crippen LogP contribution is 2.33. The second kappa shape index (κ2) is 10.0. The molecule has 3 amide bonds. The highest BCUT2D eigenvalue weighted by molar-refractivity contribution is 7.12. The molecule has 1 aromatic heterocycles. The van der Waals surface area contributed by atoms with Gasteiger partial charge in [0.05, 0.1) is 35.2 Å². The SMILES string of the molecule is CCOC(=O)c1ccc(N2C(=O)CC(N(C(=O)c3cccs3)C(C)c3ccccc3)C2=O)cc1. The molecule has 1 aliphatic heterocycles. The summed E-state index contributed by atoms with van der Waals surface area (Å²) in [5.74, 6) is -1.64. The molecule has 8 heteroatoms. The molecular formula is C26H24N2O5S. The molecule has 1 aliphatic rings. The molecule has 4 rings (SSSR count). The van der Waals surface area contributed by atoms with Gasteiger partial charge in [-0.15, -0.1) is 11.3 Å². The molecule has 2 unspecified atom stereocenters. The van der Waals surface area contributed by atoms with E-state index in [0.29, 0.717) is 16.1 Å². The molecule has 0 spiro atoms. The third-order valence-corrected chi connectivity index (χ3v) is 6.62.